The third-order valence-electron chi connectivity index (χ3n) is 4.15. The van der Waals surface area contributed by atoms with Gasteiger partial charge in [0.2, 0.25) is 0 Å². The van der Waals surface area contributed by atoms with Gasteiger partial charge in [-0.2, -0.15) is 0 Å². The van der Waals surface area contributed by atoms with Crippen molar-refractivity contribution in [1.82, 2.24) is 15.5 Å². The highest BCUT2D eigenvalue weighted by Crippen LogP contribution is 2.16. The fourth-order valence-corrected chi connectivity index (χ4v) is 2.64. The Morgan fingerprint density at radius 3 is 2.85 bits per heavy atom. The second-order valence-corrected chi connectivity index (χ2v) is 5.78. The van der Waals surface area contributed by atoms with Crippen molar-refractivity contribution >= 4 is 6.03 Å². The molecular formula is C15H31N3O2. The monoisotopic (exact) mass is 285 g/mol. The van der Waals surface area contributed by atoms with Gasteiger partial charge in [-0.1, -0.05) is 13.3 Å². The molecule has 5 nitrogen and oxygen atoms in total. The van der Waals surface area contributed by atoms with E-state index in [0.717, 1.165) is 31.8 Å². The number of aliphatic hydroxyl groups excluding tert-OH is 1. The number of hydrogen-bond donors (Lipinski definition) is 3. The molecule has 1 heterocycles. The second-order valence-electron chi connectivity index (χ2n) is 5.78. The van der Waals surface area contributed by atoms with Gasteiger partial charge in [-0.15, -0.1) is 0 Å². The number of carbonyl (C=O) groups is 1. The molecule has 2 atom stereocenters. The van der Waals surface area contributed by atoms with Gasteiger partial charge < -0.3 is 20.6 Å². The number of rotatable bonds is 8. The Labute approximate surface area is 123 Å². The van der Waals surface area contributed by atoms with Crippen LogP contribution in [0.15, 0.2) is 0 Å². The maximum atomic E-state index is 11.5. The number of aliphatic hydroxyl groups is 1. The fraction of sp³-hybridized carbons (Fsp3) is 0.933. The Morgan fingerprint density at radius 2 is 2.20 bits per heavy atom. The van der Waals surface area contributed by atoms with E-state index in [4.69, 9.17) is 5.11 Å². The lowest BCUT2D eigenvalue weighted by Crippen LogP contribution is -2.44. The largest absolute Gasteiger partial charge is 0.394 e. The van der Waals surface area contributed by atoms with Crippen LogP contribution in [0.5, 0.6) is 0 Å². The third-order valence-corrected chi connectivity index (χ3v) is 4.15. The van der Waals surface area contributed by atoms with E-state index in [2.05, 4.69) is 22.5 Å². The summed E-state index contributed by atoms with van der Waals surface area (Å²) < 4.78 is 0. The van der Waals surface area contributed by atoms with Crippen molar-refractivity contribution in [2.24, 2.45) is 0 Å². The normalized spacial score (nSPS) is 21.4. The lowest BCUT2D eigenvalue weighted by molar-refractivity contribution is 0.158. The molecule has 0 aliphatic carbocycles. The first-order valence-electron chi connectivity index (χ1n) is 8.06. The topological polar surface area (TPSA) is 64.6 Å². The predicted octanol–water partition coefficient (Wildman–Crippen LogP) is 1.71. The van der Waals surface area contributed by atoms with Crippen molar-refractivity contribution in [2.45, 2.75) is 64.5 Å². The minimum absolute atomic E-state index is 0.00321. The number of likely N-dealkylation sites (tertiary alicyclic amines) is 1. The van der Waals surface area contributed by atoms with Gasteiger partial charge >= 0.3 is 6.03 Å². The average molecular weight is 285 g/mol. The van der Waals surface area contributed by atoms with Crippen molar-refractivity contribution < 1.29 is 9.90 Å². The van der Waals surface area contributed by atoms with E-state index in [0.29, 0.717) is 6.54 Å². The summed E-state index contributed by atoms with van der Waals surface area (Å²) in [6.07, 6.45) is 6.89. The fourth-order valence-electron chi connectivity index (χ4n) is 2.64. The van der Waals surface area contributed by atoms with Crippen LogP contribution in [0.1, 0.15) is 52.4 Å². The highest BCUT2D eigenvalue weighted by Gasteiger charge is 2.17. The third kappa shape index (κ3) is 6.57. The number of hydrogen-bond acceptors (Lipinski definition) is 3. The Kier molecular flexibility index (Phi) is 8.62. The predicted molar refractivity (Wildman–Crippen MR) is 81.8 cm³/mol. The SMILES string of the molecule is CCC(CO)NC(=O)NCCCCN1CCCCC1C. The molecule has 2 amide bonds. The molecule has 0 radical (unpaired) electrons. The van der Waals surface area contributed by atoms with Crippen LogP contribution in [0, 0.1) is 0 Å². The molecule has 5 heteroatoms. The molecule has 0 saturated carbocycles. The van der Waals surface area contributed by atoms with Crippen molar-refractivity contribution in [2.75, 3.05) is 26.2 Å². The molecule has 3 N–H and O–H groups in total. The summed E-state index contributed by atoms with van der Waals surface area (Å²) in [5.74, 6) is 0. The van der Waals surface area contributed by atoms with Gasteiger partial charge in [-0.3, -0.25) is 0 Å². The minimum Gasteiger partial charge on any atom is -0.394 e. The summed E-state index contributed by atoms with van der Waals surface area (Å²) in [5, 5.41) is 14.6. The van der Waals surface area contributed by atoms with Crippen LogP contribution in [0.2, 0.25) is 0 Å². The number of urea groups is 1. The Morgan fingerprint density at radius 1 is 1.40 bits per heavy atom. The van der Waals surface area contributed by atoms with Gasteiger partial charge in [0.15, 0.2) is 0 Å². The number of piperidine rings is 1. The van der Waals surface area contributed by atoms with Gasteiger partial charge in [0.05, 0.1) is 12.6 Å². The Balaban J connectivity index is 2.02. The second kappa shape index (κ2) is 10.00. The summed E-state index contributed by atoms with van der Waals surface area (Å²) in [7, 11) is 0. The zero-order valence-electron chi connectivity index (χ0n) is 13.0. The van der Waals surface area contributed by atoms with E-state index in [1.165, 1.54) is 25.8 Å². The molecule has 0 spiro atoms. The molecule has 118 valence electrons. The quantitative estimate of drug-likeness (QED) is 0.595. The number of unbranched alkanes of at least 4 members (excludes halogenated alkanes) is 1. The summed E-state index contributed by atoms with van der Waals surface area (Å²) in [6.45, 7) is 7.32. The minimum atomic E-state index is -0.169. The smallest absolute Gasteiger partial charge is 0.315 e. The summed E-state index contributed by atoms with van der Waals surface area (Å²) in [6, 6.07) is 0.413. The molecule has 2 unspecified atom stereocenters. The first-order valence-corrected chi connectivity index (χ1v) is 8.06. The van der Waals surface area contributed by atoms with Gasteiger partial charge in [0.1, 0.15) is 0 Å². The maximum Gasteiger partial charge on any atom is 0.315 e. The van der Waals surface area contributed by atoms with Crippen LogP contribution in [0.4, 0.5) is 4.79 Å². The van der Waals surface area contributed by atoms with Gasteiger partial charge in [0, 0.05) is 12.6 Å². The molecule has 1 fully saturated rings. The highest BCUT2D eigenvalue weighted by atomic mass is 16.3. The Bertz CT molecular complexity index is 270. The average Bonchev–Trinajstić information content (AvgIpc) is 2.46. The van der Waals surface area contributed by atoms with Crippen LogP contribution in [0.25, 0.3) is 0 Å². The van der Waals surface area contributed by atoms with E-state index in [9.17, 15) is 4.79 Å². The van der Waals surface area contributed by atoms with E-state index < -0.39 is 0 Å². The molecule has 0 aromatic heterocycles. The van der Waals surface area contributed by atoms with Crippen molar-refractivity contribution in [3.8, 4) is 0 Å². The maximum absolute atomic E-state index is 11.5. The number of carbonyl (C=O) groups excluding carboxylic acids is 1. The first kappa shape index (κ1) is 17.2. The Hall–Kier alpha value is -0.810. The summed E-state index contributed by atoms with van der Waals surface area (Å²) in [5.41, 5.74) is 0. The van der Waals surface area contributed by atoms with Gasteiger partial charge in [-0.05, 0) is 52.1 Å². The molecule has 1 rings (SSSR count). The van der Waals surface area contributed by atoms with Crippen molar-refractivity contribution in [3.05, 3.63) is 0 Å². The van der Waals surface area contributed by atoms with Crippen molar-refractivity contribution in [3.63, 3.8) is 0 Å². The summed E-state index contributed by atoms with van der Waals surface area (Å²) in [4.78, 5) is 14.1. The lowest BCUT2D eigenvalue weighted by Gasteiger charge is -2.33. The van der Waals surface area contributed by atoms with E-state index in [1.54, 1.807) is 0 Å². The molecular weight excluding hydrogens is 254 g/mol. The van der Waals surface area contributed by atoms with Crippen LogP contribution < -0.4 is 10.6 Å². The standard InChI is InChI=1S/C15H31N3O2/c1-3-14(12-19)17-15(20)16-9-5-7-11-18-10-6-4-8-13(18)2/h13-14,19H,3-12H2,1-2H3,(H2,16,17,20). The number of nitrogens with zero attached hydrogens (tertiary/aromatic N) is 1. The van der Waals surface area contributed by atoms with Gasteiger partial charge in [-0.25, -0.2) is 4.79 Å². The number of amides is 2. The van der Waals surface area contributed by atoms with Crippen LogP contribution in [-0.4, -0.2) is 54.4 Å². The zero-order chi connectivity index (χ0) is 14.8. The molecule has 1 saturated heterocycles. The highest BCUT2D eigenvalue weighted by molar-refractivity contribution is 5.74. The lowest BCUT2D eigenvalue weighted by atomic mass is 10.0. The van der Waals surface area contributed by atoms with Crippen LogP contribution in [-0.2, 0) is 0 Å². The van der Waals surface area contributed by atoms with Crippen molar-refractivity contribution in [1.29, 1.82) is 0 Å². The molecule has 0 aromatic carbocycles. The first-order chi connectivity index (χ1) is 9.67. The van der Waals surface area contributed by atoms with E-state index in [1.807, 2.05) is 6.92 Å². The number of nitrogens with one attached hydrogen (secondary N) is 2. The molecule has 0 bridgehead atoms. The van der Waals surface area contributed by atoms with Crippen LogP contribution in [0.3, 0.4) is 0 Å². The van der Waals surface area contributed by atoms with E-state index in [-0.39, 0.29) is 18.7 Å². The molecule has 0 aromatic rings. The van der Waals surface area contributed by atoms with Gasteiger partial charge in [0.25, 0.3) is 0 Å². The molecule has 1 aliphatic heterocycles. The molecule has 20 heavy (non-hydrogen) atoms. The van der Waals surface area contributed by atoms with E-state index >= 15 is 0 Å². The molecule has 1 aliphatic rings. The zero-order valence-corrected chi connectivity index (χ0v) is 13.0. The van der Waals surface area contributed by atoms with Crippen LogP contribution >= 0.6 is 0 Å². The summed E-state index contributed by atoms with van der Waals surface area (Å²) >= 11 is 0.